The summed E-state index contributed by atoms with van der Waals surface area (Å²) in [6, 6.07) is 5.05. The van der Waals surface area contributed by atoms with E-state index in [1.807, 2.05) is 6.92 Å². The van der Waals surface area contributed by atoms with E-state index in [-0.39, 0.29) is 6.54 Å². The summed E-state index contributed by atoms with van der Waals surface area (Å²) in [5, 5.41) is 6.52. The van der Waals surface area contributed by atoms with Crippen LogP contribution in [0.3, 0.4) is 0 Å². The standard InChI is InChI=1S/C13H13F2N3O/c1-2-18-9(6-7-17-18)8-16-13(19)12-10(14)4-3-5-11(12)15/h3-7H,2,8H2,1H3,(H,16,19). The van der Waals surface area contributed by atoms with Crippen LogP contribution < -0.4 is 5.32 Å². The minimum absolute atomic E-state index is 0.167. The highest BCUT2D eigenvalue weighted by Gasteiger charge is 2.16. The molecule has 6 heteroatoms. The Balaban J connectivity index is 2.10. The molecule has 1 N–H and O–H groups in total. The average Bonchev–Trinajstić information content (AvgIpc) is 2.83. The number of rotatable bonds is 4. The molecule has 1 aromatic heterocycles. The lowest BCUT2D eigenvalue weighted by molar-refractivity contribution is 0.0941. The molecule has 100 valence electrons. The van der Waals surface area contributed by atoms with Crippen LogP contribution in [0.25, 0.3) is 0 Å². The van der Waals surface area contributed by atoms with E-state index in [4.69, 9.17) is 0 Å². The molecule has 0 fully saturated rings. The lowest BCUT2D eigenvalue weighted by Crippen LogP contribution is -2.26. The SMILES string of the molecule is CCn1nccc1CNC(=O)c1c(F)cccc1F. The van der Waals surface area contributed by atoms with Crippen LogP contribution in [-0.4, -0.2) is 15.7 Å². The summed E-state index contributed by atoms with van der Waals surface area (Å²) in [5.41, 5.74) is 0.206. The van der Waals surface area contributed by atoms with Gasteiger partial charge in [-0.25, -0.2) is 8.78 Å². The predicted molar refractivity (Wildman–Crippen MR) is 65.4 cm³/mol. The van der Waals surface area contributed by atoms with E-state index in [0.29, 0.717) is 6.54 Å². The first-order valence-electron chi connectivity index (χ1n) is 5.86. The molecule has 2 rings (SSSR count). The number of aryl methyl sites for hydroxylation is 1. The molecule has 0 aliphatic rings. The molecule has 0 atom stereocenters. The molecule has 1 amide bonds. The summed E-state index contributed by atoms with van der Waals surface area (Å²) >= 11 is 0. The summed E-state index contributed by atoms with van der Waals surface area (Å²) in [4.78, 5) is 11.8. The summed E-state index contributed by atoms with van der Waals surface area (Å²) in [5.74, 6) is -2.53. The molecule has 1 aromatic carbocycles. The van der Waals surface area contributed by atoms with Crippen molar-refractivity contribution in [3.05, 3.63) is 53.4 Å². The number of hydrogen-bond acceptors (Lipinski definition) is 2. The van der Waals surface area contributed by atoms with Crippen molar-refractivity contribution in [3.8, 4) is 0 Å². The van der Waals surface area contributed by atoms with Crippen LogP contribution in [0.1, 0.15) is 23.0 Å². The molecule has 19 heavy (non-hydrogen) atoms. The monoisotopic (exact) mass is 265 g/mol. The highest BCUT2D eigenvalue weighted by atomic mass is 19.1. The second kappa shape index (κ2) is 5.60. The smallest absolute Gasteiger partial charge is 0.257 e. The number of halogens is 2. The van der Waals surface area contributed by atoms with Crippen molar-refractivity contribution in [3.63, 3.8) is 0 Å². The fourth-order valence-electron chi connectivity index (χ4n) is 1.77. The third-order valence-corrected chi connectivity index (χ3v) is 2.72. The lowest BCUT2D eigenvalue weighted by atomic mass is 10.2. The normalized spacial score (nSPS) is 10.5. The van der Waals surface area contributed by atoms with Gasteiger partial charge in [-0.1, -0.05) is 6.07 Å². The molecule has 0 saturated heterocycles. The molecular weight excluding hydrogens is 252 g/mol. The maximum Gasteiger partial charge on any atom is 0.257 e. The van der Waals surface area contributed by atoms with Crippen molar-refractivity contribution < 1.29 is 13.6 Å². The number of aromatic nitrogens is 2. The van der Waals surface area contributed by atoms with Gasteiger partial charge in [0.15, 0.2) is 0 Å². The van der Waals surface area contributed by atoms with Gasteiger partial charge in [0.25, 0.3) is 5.91 Å². The van der Waals surface area contributed by atoms with Gasteiger partial charge in [0, 0.05) is 12.7 Å². The number of nitrogens with zero attached hydrogens (tertiary/aromatic N) is 2. The quantitative estimate of drug-likeness (QED) is 0.920. The van der Waals surface area contributed by atoms with Gasteiger partial charge in [0.1, 0.15) is 17.2 Å². The summed E-state index contributed by atoms with van der Waals surface area (Å²) < 4.78 is 28.5. The second-order valence-corrected chi connectivity index (χ2v) is 3.92. The Bertz CT molecular complexity index is 575. The molecule has 0 saturated carbocycles. The van der Waals surface area contributed by atoms with E-state index in [1.54, 1.807) is 16.9 Å². The fourth-order valence-corrected chi connectivity index (χ4v) is 1.77. The second-order valence-electron chi connectivity index (χ2n) is 3.92. The third kappa shape index (κ3) is 2.78. The Morgan fingerprint density at radius 1 is 1.32 bits per heavy atom. The zero-order chi connectivity index (χ0) is 13.8. The minimum Gasteiger partial charge on any atom is -0.346 e. The highest BCUT2D eigenvalue weighted by Crippen LogP contribution is 2.12. The van der Waals surface area contributed by atoms with Crippen molar-refractivity contribution in [2.45, 2.75) is 20.0 Å². The summed E-state index contributed by atoms with van der Waals surface area (Å²) in [6.45, 7) is 2.74. The molecule has 0 radical (unpaired) electrons. The van der Waals surface area contributed by atoms with Gasteiger partial charge in [-0.15, -0.1) is 0 Å². The molecule has 0 aliphatic heterocycles. The first-order chi connectivity index (χ1) is 9.13. The van der Waals surface area contributed by atoms with Crippen LogP contribution in [0.5, 0.6) is 0 Å². The van der Waals surface area contributed by atoms with E-state index < -0.39 is 23.1 Å². The van der Waals surface area contributed by atoms with E-state index in [0.717, 1.165) is 17.8 Å². The van der Waals surface area contributed by atoms with Crippen LogP contribution in [-0.2, 0) is 13.1 Å². The van der Waals surface area contributed by atoms with Crippen molar-refractivity contribution in [1.82, 2.24) is 15.1 Å². The maximum absolute atomic E-state index is 13.4. The third-order valence-electron chi connectivity index (χ3n) is 2.72. The minimum atomic E-state index is -0.874. The number of carbonyl (C=O) groups excluding carboxylic acids is 1. The van der Waals surface area contributed by atoms with Crippen molar-refractivity contribution >= 4 is 5.91 Å². The Hall–Kier alpha value is -2.24. The highest BCUT2D eigenvalue weighted by molar-refractivity contribution is 5.94. The average molecular weight is 265 g/mol. The first kappa shape index (κ1) is 13.2. The van der Waals surface area contributed by atoms with E-state index in [2.05, 4.69) is 10.4 Å². The van der Waals surface area contributed by atoms with E-state index in [1.165, 1.54) is 6.07 Å². The molecule has 4 nitrogen and oxygen atoms in total. The Morgan fingerprint density at radius 2 is 2.00 bits per heavy atom. The molecule has 2 aromatic rings. The Kier molecular flexibility index (Phi) is 3.89. The van der Waals surface area contributed by atoms with Gasteiger partial charge in [-0.2, -0.15) is 5.10 Å². The van der Waals surface area contributed by atoms with E-state index >= 15 is 0 Å². The topological polar surface area (TPSA) is 46.9 Å². The van der Waals surface area contributed by atoms with Crippen molar-refractivity contribution in [1.29, 1.82) is 0 Å². The van der Waals surface area contributed by atoms with Crippen molar-refractivity contribution in [2.24, 2.45) is 0 Å². The van der Waals surface area contributed by atoms with Crippen LogP contribution in [0, 0.1) is 11.6 Å². The zero-order valence-electron chi connectivity index (χ0n) is 10.4. The fraction of sp³-hybridized carbons (Fsp3) is 0.231. The lowest BCUT2D eigenvalue weighted by Gasteiger charge is -2.08. The molecular formula is C13H13F2N3O. The van der Waals surface area contributed by atoms with Crippen molar-refractivity contribution in [2.75, 3.05) is 0 Å². The number of benzene rings is 1. The van der Waals surface area contributed by atoms with Gasteiger partial charge in [-0.3, -0.25) is 9.48 Å². The largest absolute Gasteiger partial charge is 0.346 e. The van der Waals surface area contributed by atoms with Crippen LogP contribution in [0.15, 0.2) is 30.5 Å². The zero-order valence-corrected chi connectivity index (χ0v) is 10.4. The number of carbonyl (C=O) groups is 1. The van der Waals surface area contributed by atoms with Gasteiger partial charge in [-0.05, 0) is 25.1 Å². The molecule has 0 aliphatic carbocycles. The van der Waals surface area contributed by atoms with E-state index in [9.17, 15) is 13.6 Å². The number of amides is 1. The van der Waals surface area contributed by atoms with Crippen LogP contribution in [0.4, 0.5) is 8.78 Å². The molecule has 0 unspecified atom stereocenters. The predicted octanol–water partition coefficient (Wildman–Crippen LogP) is 2.11. The summed E-state index contributed by atoms with van der Waals surface area (Å²) in [6.07, 6.45) is 1.61. The molecule has 0 spiro atoms. The Labute approximate surface area is 109 Å². The molecule has 0 bridgehead atoms. The summed E-state index contributed by atoms with van der Waals surface area (Å²) in [7, 11) is 0. The van der Waals surface area contributed by atoms with Crippen LogP contribution >= 0.6 is 0 Å². The van der Waals surface area contributed by atoms with Crippen LogP contribution in [0.2, 0.25) is 0 Å². The first-order valence-corrected chi connectivity index (χ1v) is 5.86. The number of nitrogens with one attached hydrogen (secondary N) is 1. The van der Waals surface area contributed by atoms with Gasteiger partial charge in [0.05, 0.1) is 12.2 Å². The van der Waals surface area contributed by atoms with Gasteiger partial charge >= 0.3 is 0 Å². The molecule has 1 heterocycles. The maximum atomic E-state index is 13.4. The van der Waals surface area contributed by atoms with Gasteiger partial charge in [0.2, 0.25) is 0 Å². The van der Waals surface area contributed by atoms with Gasteiger partial charge < -0.3 is 5.32 Å². The Morgan fingerprint density at radius 3 is 2.63 bits per heavy atom. The number of hydrogen-bond donors (Lipinski definition) is 1.